The van der Waals surface area contributed by atoms with Crippen molar-refractivity contribution in [2.45, 2.75) is 13.8 Å². The van der Waals surface area contributed by atoms with Crippen molar-refractivity contribution in [3.63, 3.8) is 0 Å². The summed E-state index contributed by atoms with van der Waals surface area (Å²) in [6, 6.07) is 17.2. The van der Waals surface area contributed by atoms with Crippen LogP contribution in [-0.2, 0) is 4.79 Å². The number of hydrazone groups is 1. The van der Waals surface area contributed by atoms with Crippen molar-refractivity contribution in [3.05, 3.63) is 80.1 Å². The standard InChI is InChI=1S/C21H19ClIN3O2/c1-14-10-16(15(2)26(14)19-8-6-18(23)7-9-19)12-24-25-21(27)13-28-20-5-3-4-17(22)11-20/h3-12H,13H2,1-2H3,(H,25,27)/b24-12+. The number of ether oxygens (including phenoxy) is 1. The second-order valence-electron chi connectivity index (χ2n) is 6.18. The van der Waals surface area contributed by atoms with Crippen molar-refractivity contribution >= 4 is 46.3 Å². The summed E-state index contributed by atoms with van der Waals surface area (Å²) in [6.45, 7) is 3.93. The maximum absolute atomic E-state index is 11.9. The lowest BCUT2D eigenvalue weighted by Gasteiger charge is -2.09. The van der Waals surface area contributed by atoms with Crippen LogP contribution in [0.3, 0.4) is 0 Å². The molecule has 0 saturated heterocycles. The van der Waals surface area contributed by atoms with Gasteiger partial charge in [-0.3, -0.25) is 4.79 Å². The molecule has 144 valence electrons. The van der Waals surface area contributed by atoms with E-state index in [2.05, 4.69) is 62.0 Å². The van der Waals surface area contributed by atoms with Crippen LogP contribution in [0.25, 0.3) is 5.69 Å². The number of nitrogens with one attached hydrogen (secondary N) is 1. The van der Waals surface area contributed by atoms with E-state index < -0.39 is 0 Å². The van der Waals surface area contributed by atoms with Crippen LogP contribution in [-0.4, -0.2) is 23.3 Å². The number of amides is 1. The van der Waals surface area contributed by atoms with Gasteiger partial charge in [0, 0.05) is 31.2 Å². The van der Waals surface area contributed by atoms with E-state index in [1.54, 1.807) is 30.5 Å². The molecule has 0 fully saturated rings. The Hall–Kier alpha value is -2.32. The fourth-order valence-electron chi connectivity index (χ4n) is 2.82. The third-order valence-electron chi connectivity index (χ3n) is 4.11. The smallest absolute Gasteiger partial charge is 0.277 e. The molecule has 3 aromatic rings. The van der Waals surface area contributed by atoms with E-state index in [0.29, 0.717) is 10.8 Å². The number of aryl methyl sites for hydroxylation is 1. The van der Waals surface area contributed by atoms with Crippen LogP contribution in [0, 0.1) is 17.4 Å². The molecule has 0 aliphatic heterocycles. The summed E-state index contributed by atoms with van der Waals surface area (Å²) in [5.74, 6) is 0.190. The number of hydrogen-bond acceptors (Lipinski definition) is 3. The lowest BCUT2D eigenvalue weighted by Crippen LogP contribution is -2.24. The summed E-state index contributed by atoms with van der Waals surface area (Å²) in [7, 11) is 0. The van der Waals surface area contributed by atoms with Crippen LogP contribution in [0.4, 0.5) is 0 Å². The minimum atomic E-state index is -0.345. The molecule has 1 amide bonds. The molecule has 28 heavy (non-hydrogen) atoms. The van der Waals surface area contributed by atoms with Gasteiger partial charge in [0.15, 0.2) is 6.61 Å². The molecule has 5 nitrogen and oxygen atoms in total. The van der Waals surface area contributed by atoms with Gasteiger partial charge >= 0.3 is 0 Å². The van der Waals surface area contributed by atoms with E-state index >= 15 is 0 Å². The van der Waals surface area contributed by atoms with Gasteiger partial charge in [-0.2, -0.15) is 5.10 Å². The van der Waals surface area contributed by atoms with Crippen molar-refractivity contribution in [2.75, 3.05) is 6.61 Å². The summed E-state index contributed by atoms with van der Waals surface area (Å²) in [6.07, 6.45) is 1.64. The van der Waals surface area contributed by atoms with Gasteiger partial charge in [-0.25, -0.2) is 5.43 Å². The molecule has 0 aliphatic rings. The molecule has 0 aliphatic carbocycles. The van der Waals surface area contributed by atoms with Gasteiger partial charge < -0.3 is 9.30 Å². The first-order valence-corrected chi connectivity index (χ1v) is 10.0. The van der Waals surface area contributed by atoms with Gasteiger partial charge in [-0.15, -0.1) is 0 Å². The highest BCUT2D eigenvalue weighted by molar-refractivity contribution is 14.1. The van der Waals surface area contributed by atoms with Crippen molar-refractivity contribution in [1.29, 1.82) is 0 Å². The molecule has 1 heterocycles. The predicted octanol–water partition coefficient (Wildman–Crippen LogP) is 4.88. The van der Waals surface area contributed by atoms with Gasteiger partial charge in [0.25, 0.3) is 5.91 Å². The molecular formula is C21H19ClIN3O2. The van der Waals surface area contributed by atoms with E-state index in [9.17, 15) is 4.79 Å². The number of benzene rings is 2. The second-order valence-corrected chi connectivity index (χ2v) is 7.86. The summed E-state index contributed by atoms with van der Waals surface area (Å²) in [5.41, 5.74) is 6.65. The van der Waals surface area contributed by atoms with Gasteiger partial charge in [0.05, 0.1) is 6.21 Å². The van der Waals surface area contributed by atoms with Crippen LogP contribution in [0.1, 0.15) is 17.0 Å². The van der Waals surface area contributed by atoms with Gasteiger partial charge in [-0.05, 0) is 85.0 Å². The molecular weight excluding hydrogens is 489 g/mol. The van der Waals surface area contributed by atoms with Gasteiger partial charge in [0.1, 0.15) is 5.75 Å². The Kier molecular flexibility index (Phi) is 6.74. The van der Waals surface area contributed by atoms with Crippen molar-refractivity contribution in [2.24, 2.45) is 5.10 Å². The Morgan fingerprint density at radius 1 is 1.21 bits per heavy atom. The summed E-state index contributed by atoms with van der Waals surface area (Å²) < 4.78 is 8.73. The van der Waals surface area contributed by atoms with Gasteiger partial charge in [0.2, 0.25) is 0 Å². The topological polar surface area (TPSA) is 55.6 Å². The monoisotopic (exact) mass is 507 g/mol. The quantitative estimate of drug-likeness (QED) is 0.294. The molecule has 7 heteroatoms. The fourth-order valence-corrected chi connectivity index (χ4v) is 3.36. The number of aromatic nitrogens is 1. The molecule has 0 radical (unpaired) electrons. The Labute approximate surface area is 182 Å². The lowest BCUT2D eigenvalue weighted by molar-refractivity contribution is -0.123. The molecule has 0 atom stereocenters. The van der Waals surface area contributed by atoms with Crippen molar-refractivity contribution in [3.8, 4) is 11.4 Å². The Morgan fingerprint density at radius 3 is 2.68 bits per heavy atom. The maximum Gasteiger partial charge on any atom is 0.277 e. The minimum Gasteiger partial charge on any atom is -0.484 e. The molecule has 1 N–H and O–H groups in total. The van der Waals surface area contributed by atoms with Crippen LogP contribution in [0.15, 0.2) is 59.7 Å². The van der Waals surface area contributed by atoms with E-state index in [4.69, 9.17) is 16.3 Å². The molecule has 0 spiro atoms. The third-order valence-corrected chi connectivity index (χ3v) is 5.07. The number of nitrogens with zero attached hydrogens (tertiary/aromatic N) is 2. The van der Waals surface area contributed by atoms with E-state index in [0.717, 1.165) is 22.6 Å². The maximum atomic E-state index is 11.9. The average Bonchev–Trinajstić information content (AvgIpc) is 2.95. The first-order valence-electron chi connectivity index (χ1n) is 8.59. The Morgan fingerprint density at radius 2 is 1.96 bits per heavy atom. The first-order chi connectivity index (χ1) is 13.4. The highest BCUT2D eigenvalue weighted by Gasteiger charge is 2.09. The molecule has 0 saturated carbocycles. The predicted molar refractivity (Wildman–Crippen MR) is 121 cm³/mol. The van der Waals surface area contributed by atoms with Crippen LogP contribution in [0.5, 0.6) is 5.75 Å². The number of rotatable bonds is 6. The molecule has 0 unspecified atom stereocenters. The SMILES string of the molecule is Cc1cc(/C=N/NC(=O)COc2cccc(Cl)c2)c(C)n1-c1ccc(I)cc1. The zero-order chi connectivity index (χ0) is 20.1. The number of halogens is 2. The highest BCUT2D eigenvalue weighted by Crippen LogP contribution is 2.20. The van der Waals surface area contributed by atoms with Crippen LogP contribution in [0.2, 0.25) is 5.02 Å². The zero-order valence-electron chi connectivity index (χ0n) is 15.4. The van der Waals surface area contributed by atoms with E-state index in [1.165, 1.54) is 3.57 Å². The summed E-state index contributed by atoms with van der Waals surface area (Å²) >= 11 is 8.17. The summed E-state index contributed by atoms with van der Waals surface area (Å²) in [4.78, 5) is 11.9. The third kappa shape index (κ3) is 5.14. The minimum absolute atomic E-state index is 0.140. The summed E-state index contributed by atoms with van der Waals surface area (Å²) in [5, 5.41) is 4.60. The highest BCUT2D eigenvalue weighted by atomic mass is 127. The zero-order valence-corrected chi connectivity index (χ0v) is 18.4. The van der Waals surface area contributed by atoms with E-state index in [-0.39, 0.29) is 12.5 Å². The van der Waals surface area contributed by atoms with Crippen molar-refractivity contribution < 1.29 is 9.53 Å². The van der Waals surface area contributed by atoms with Gasteiger partial charge in [-0.1, -0.05) is 17.7 Å². The Bertz CT molecular complexity index is 1010. The molecule has 2 aromatic carbocycles. The Balaban J connectivity index is 1.62. The first kappa shape index (κ1) is 20.4. The fraction of sp³-hybridized carbons (Fsp3) is 0.143. The lowest BCUT2D eigenvalue weighted by atomic mass is 10.2. The van der Waals surface area contributed by atoms with Crippen LogP contribution < -0.4 is 10.2 Å². The van der Waals surface area contributed by atoms with Crippen LogP contribution >= 0.6 is 34.2 Å². The normalized spacial score (nSPS) is 11.0. The second kappa shape index (κ2) is 9.25. The average molecular weight is 508 g/mol. The van der Waals surface area contributed by atoms with E-state index in [1.807, 2.05) is 19.9 Å². The number of carbonyl (C=O) groups excluding carboxylic acids is 1. The molecule has 0 bridgehead atoms. The molecule has 3 rings (SSSR count). The largest absolute Gasteiger partial charge is 0.484 e. The molecule has 1 aromatic heterocycles. The number of hydrogen-bond donors (Lipinski definition) is 1. The van der Waals surface area contributed by atoms with Crippen molar-refractivity contribution in [1.82, 2.24) is 9.99 Å². The number of carbonyl (C=O) groups is 1.